The van der Waals surface area contributed by atoms with E-state index in [4.69, 9.17) is 4.74 Å². The number of guanidine groups is 1. The van der Waals surface area contributed by atoms with Crippen LogP contribution in [0.1, 0.15) is 5.56 Å². The number of carbonyl (C=O) groups excluding carboxylic acids is 1. The molecule has 2 N–H and O–H groups in total. The van der Waals surface area contributed by atoms with Crippen LogP contribution in [0.4, 0.5) is 0 Å². The van der Waals surface area contributed by atoms with E-state index >= 15 is 0 Å². The Labute approximate surface area is 115 Å². The van der Waals surface area contributed by atoms with E-state index in [-0.39, 0.29) is 23.2 Å². The van der Waals surface area contributed by atoms with Crippen LogP contribution in [-0.4, -0.2) is 36.5 Å². The second kappa shape index (κ2) is 5.79. The SMILES string of the molecule is C=C1C=N/C(=N/N=C/c2cccc(OC)c2O)NC1=O. The average molecular weight is 272 g/mol. The van der Waals surface area contributed by atoms with E-state index in [0.717, 1.165) is 0 Å². The van der Waals surface area contributed by atoms with Crippen LogP contribution in [-0.2, 0) is 4.79 Å². The van der Waals surface area contributed by atoms with Gasteiger partial charge in [-0.1, -0.05) is 12.6 Å². The fraction of sp³-hybridized carbons (Fsp3) is 0.0769. The fourth-order valence-electron chi connectivity index (χ4n) is 1.42. The van der Waals surface area contributed by atoms with E-state index in [0.29, 0.717) is 11.3 Å². The van der Waals surface area contributed by atoms with Crippen molar-refractivity contribution >= 4 is 24.3 Å². The Morgan fingerprint density at radius 3 is 3.00 bits per heavy atom. The maximum atomic E-state index is 11.3. The second-order valence-corrected chi connectivity index (χ2v) is 3.80. The first-order valence-corrected chi connectivity index (χ1v) is 5.63. The predicted molar refractivity (Wildman–Crippen MR) is 75.5 cm³/mol. The number of phenols is 1. The molecule has 0 unspecified atom stereocenters. The Bertz CT molecular complexity index is 647. The van der Waals surface area contributed by atoms with Gasteiger partial charge in [0, 0.05) is 11.8 Å². The van der Waals surface area contributed by atoms with E-state index in [1.165, 1.54) is 19.5 Å². The third-order valence-corrected chi connectivity index (χ3v) is 2.46. The molecule has 0 aromatic heterocycles. The molecule has 7 heteroatoms. The number of hydrogen-bond acceptors (Lipinski definition) is 5. The zero-order chi connectivity index (χ0) is 14.5. The summed E-state index contributed by atoms with van der Waals surface area (Å²) in [5.41, 5.74) is 0.683. The number of para-hydroxylation sites is 1. The van der Waals surface area contributed by atoms with Gasteiger partial charge >= 0.3 is 0 Å². The summed E-state index contributed by atoms with van der Waals surface area (Å²) in [5.74, 6) is -0.0235. The molecule has 1 aromatic carbocycles. The van der Waals surface area contributed by atoms with E-state index in [1.807, 2.05) is 0 Å². The van der Waals surface area contributed by atoms with Gasteiger partial charge in [-0.25, -0.2) is 4.99 Å². The molecule has 0 saturated heterocycles. The van der Waals surface area contributed by atoms with Crippen molar-refractivity contribution in [2.45, 2.75) is 0 Å². The quantitative estimate of drug-likeness (QED) is 0.485. The third kappa shape index (κ3) is 2.89. The zero-order valence-corrected chi connectivity index (χ0v) is 10.7. The first-order chi connectivity index (χ1) is 9.61. The number of carbonyl (C=O) groups is 1. The highest BCUT2D eigenvalue weighted by Gasteiger charge is 2.12. The lowest BCUT2D eigenvalue weighted by atomic mass is 10.2. The monoisotopic (exact) mass is 272 g/mol. The van der Waals surface area contributed by atoms with Gasteiger partial charge < -0.3 is 9.84 Å². The van der Waals surface area contributed by atoms with Gasteiger partial charge in [-0.2, -0.15) is 5.10 Å². The summed E-state index contributed by atoms with van der Waals surface area (Å²) >= 11 is 0. The van der Waals surface area contributed by atoms with Crippen LogP contribution in [0.5, 0.6) is 11.5 Å². The number of methoxy groups -OCH3 is 1. The zero-order valence-electron chi connectivity index (χ0n) is 10.7. The first-order valence-electron chi connectivity index (χ1n) is 5.63. The van der Waals surface area contributed by atoms with Crippen LogP contribution in [0.15, 0.2) is 45.5 Å². The molecule has 7 nitrogen and oxygen atoms in total. The summed E-state index contributed by atoms with van der Waals surface area (Å²) in [6.45, 7) is 3.49. The molecule has 1 aliphatic heterocycles. The first kappa shape index (κ1) is 13.5. The molecule has 0 atom stereocenters. The molecule has 0 radical (unpaired) electrons. The van der Waals surface area contributed by atoms with E-state index < -0.39 is 0 Å². The number of nitrogens with one attached hydrogen (secondary N) is 1. The van der Waals surface area contributed by atoms with Crippen molar-refractivity contribution in [3.05, 3.63) is 35.9 Å². The number of rotatable bonds is 3. The summed E-state index contributed by atoms with van der Waals surface area (Å²) in [4.78, 5) is 15.1. The Hall–Kier alpha value is -2.96. The van der Waals surface area contributed by atoms with Crippen molar-refractivity contribution < 1.29 is 14.6 Å². The number of aromatic hydroxyl groups is 1. The second-order valence-electron chi connectivity index (χ2n) is 3.80. The summed E-state index contributed by atoms with van der Waals surface area (Å²) in [7, 11) is 1.45. The summed E-state index contributed by atoms with van der Waals surface area (Å²) in [5, 5.41) is 19.7. The van der Waals surface area contributed by atoms with Gasteiger partial charge in [0.15, 0.2) is 11.5 Å². The summed E-state index contributed by atoms with van der Waals surface area (Å²) in [6.07, 6.45) is 2.63. The normalized spacial score (nSPS) is 16.8. The Balaban J connectivity index is 2.17. The van der Waals surface area contributed by atoms with Gasteiger partial charge in [-0.05, 0) is 12.1 Å². The van der Waals surface area contributed by atoms with E-state index in [9.17, 15) is 9.90 Å². The van der Waals surface area contributed by atoms with Crippen molar-refractivity contribution in [2.75, 3.05) is 7.11 Å². The van der Waals surface area contributed by atoms with Crippen LogP contribution >= 0.6 is 0 Å². The fourth-order valence-corrected chi connectivity index (χ4v) is 1.42. The number of amides is 1. The number of phenolic OH excluding ortho intramolecular Hbond substituents is 1. The molecule has 2 rings (SSSR count). The Kier molecular flexibility index (Phi) is 3.90. The molecule has 1 heterocycles. The van der Waals surface area contributed by atoms with Gasteiger partial charge in [0.05, 0.1) is 18.9 Å². The summed E-state index contributed by atoms with van der Waals surface area (Å²) in [6, 6.07) is 4.97. The molecule has 0 aliphatic carbocycles. The molecule has 1 aromatic rings. The molecule has 1 amide bonds. The highest BCUT2D eigenvalue weighted by atomic mass is 16.5. The van der Waals surface area contributed by atoms with Crippen LogP contribution < -0.4 is 10.1 Å². The van der Waals surface area contributed by atoms with Gasteiger partial charge in [-0.15, -0.1) is 5.10 Å². The molecule has 0 saturated carbocycles. The predicted octanol–water partition coefficient (Wildman–Crippen LogP) is 0.847. The van der Waals surface area contributed by atoms with Crippen molar-refractivity contribution in [2.24, 2.45) is 15.2 Å². The van der Waals surface area contributed by atoms with Gasteiger partial charge in [0.2, 0.25) is 5.96 Å². The van der Waals surface area contributed by atoms with Crippen LogP contribution in [0.25, 0.3) is 0 Å². The van der Waals surface area contributed by atoms with Crippen LogP contribution in [0.2, 0.25) is 0 Å². The molecule has 0 spiro atoms. The highest BCUT2D eigenvalue weighted by molar-refractivity contribution is 6.22. The van der Waals surface area contributed by atoms with E-state index in [2.05, 4.69) is 27.1 Å². The van der Waals surface area contributed by atoms with Gasteiger partial charge in [0.25, 0.3) is 5.91 Å². The van der Waals surface area contributed by atoms with Gasteiger partial charge in [0.1, 0.15) is 0 Å². The smallest absolute Gasteiger partial charge is 0.259 e. The number of benzene rings is 1. The lowest BCUT2D eigenvalue weighted by molar-refractivity contribution is -0.115. The van der Waals surface area contributed by atoms with Crippen LogP contribution in [0, 0.1) is 0 Å². The Morgan fingerprint density at radius 1 is 1.50 bits per heavy atom. The lowest BCUT2D eigenvalue weighted by Gasteiger charge is -2.07. The van der Waals surface area contributed by atoms with E-state index in [1.54, 1.807) is 18.2 Å². The number of ether oxygens (including phenoxy) is 1. The molecule has 0 bridgehead atoms. The Morgan fingerprint density at radius 2 is 2.30 bits per heavy atom. The van der Waals surface area contributed by atoms with Crippen LogP contribution in [0.3, 0.4) is 0 Å². The molecule has 20 heavy (non-hydrogen) atoms. The average Bonchev–Trinajstić information content (AvgIpc) is 2.44. The molecular formula is C13H12N4O3. The maximum Gasteiger partial charge on any atom is 0.259 e. The van der Waals surface area contributed by atoms with Gasteiger partial charge in [-0.3, -0.25) is 10.1 Å². The molecule has 1 aliphatic rings. The topological polar surface area (TPSA) is 95.6 Å². The van der Waals surface area contributed by atoms with Crippen molar-refractivity contribution in [3.63, 3.8) is 0 Å². The van der Waals surface area contributed by atoms with Crippen molar-refractivity contribution in [3.8, 4) is 11.5 Å². The minimum atomic E-state index is -0.377. The number of hydrogen-bond donors (Lipinski definition) is 2. The number of aliphatic imine (C=N–C) groups is 1. The molecule has 102 valence electrons. The minimum absolute atomic E-state index is 0.0384. The van der Waals surface area contributed by atoms with Crippen molar-refractivity contribution in [1.29, 1.82) is 0 Å². The maximum absolute atomic E-state index is 11.3. The lowest BCUT2D eigenvalue weighted by Crippen LogP contribution is -2.34. The minimum Gasteiger partial charge on any atom is -0.504 e. The molecule has 0 fully saturated rings. The summed E-state index contributed by atoms with van der Waals surface area (Å²) < 4.78 is 4.97. The highest BCUT2D eigenvalue weighted by Crippen LogP contribution is 2.27. The third-order valence-electron chi connectivity index (χ3n) is 2.46. The molecular weight excluding hydrogens is 260 g/mol. The standard InChI is InChI=1S/C13H12N4O3/c1-8-6-14-13(16-12(8)19)17-15-7-9-4-3-5-10(20-2)11(9)18/h3-7,18H,1H2,2H3,(H,16,17,19)/b15-7+. The van der Waals surface area contributed by atoms with Crippen molar-refractivity contribution in [1.82, 2.24) is 5.32 Å². The number of nitrogens with zero attached hydrogens (tertiary/aromatic N) is 3. The largest absolute Gasteiger partial charge is 0.504 e.